The molecule has 1 heterocycles. The van der Waals surface area contributed by atoms with Crippen molar-refractivity contribution in [2.24, 2.45) is 0 Å². The summed E-state index contributed by atoms with van der Waals surface area (Å²) in [5.41, 5.74) is 1.15. The summed E-state index contributed by atoms with van der Waals surface area (Å²) in [6, 6.07) is 15.6. The van der Waals surface area contributed by atoms with Crippen LogP contribution in [0.5, 0.6) is 5.75 Å². The minimum atomic E-state index is -4.77. The summed E-state index contributed by atoms with van der Waals surface area (Å²) in [5.74, 6) is -0.335. The Labute approximate surface area is 179 Å². The summed E-state index contributed by atoms with van der Waals surface area (Å²) in [4.78, 5) is 16.5. The Kier molecular flexibility index (Phi) is 5.37. The number of ether oxygens (including phenoxy) is 1. The number of anilines is 1. The molecule has 0 atom stereocenters. The minimum Gasteiger partial charge on any atom is -0.406 e. The summed E-state index contributed by atoms with van der Waals surface area (Å²) in [6.45, 7) is 0.416. The lowest BCUT2D eigenvalue weighted by atomic mass is 9.69. The monoisotopic (exact) mass is 433 g/mol. The molecule has 4 rings (SSSR count). The van der Waals surface area contributed by atoms with E-state index in [9.17, 15) is 18.0 Å². The first-order chi connectivity index (χ1) is 14.6. The van der Waals surface area contributed by atoms with Crippen molar-refractivity contribution in [1.29, 1.82) is 0 Å². The van der Waals surface area contributed by atoms with Gasteiger partial charge in [-0.15, -0.1) is 13.2 Å². The fourth-order valence-electron chi connectivity index (χ4n) is 4.93. The van der Waals surface area contributed by atoms with Crippen LogP contribution in [0.3, 0.4) is 0 Å². The van der Waals surface area contributed by atoms with Crippen molar-refractivity contribution >= 4 is 11.7 Å². The average molecular weight is 433 g/mol. The van der Waals surface area contributed by atoms with Gasteiger partial charge in [0, 0.05) is 17.3 Å². The van der Waals surface area contributed by atoms with Gasteiger partial charge in [0.2, 0.25) is 0 Å². The van der Waals surface area contributed by atoms with Gasteiger partial charge in [-0.25, -0.2) is 4.79 Å². The quantitative estimate of drug-likeness (QED) is 0.747. The molecule has 1 aliphatic carbocycles. The van der Waals surface area contributed by atoms with Crippen LogP contribution in [0.15, 0.2) is 54.6 Å². The first-order valence-electron chi connectivity index (χ1n) is 10.3. The normalized spacial score (nSPS) is 26.4. The molecule has 1 spiro atoms. The maximum atomic E-state index is 12.8. The Morgan fingerprint density at radius 2 is 1.68 bits per heavy atom. The molecule has 1 saturated heterocycles. The lowest BCUT2D eigenvalue weighted by Crippen LogP contribution is -2.54. The number of nitrogens with zero attached hydrogens (tertiary/aromatic N) is 2. The van der Waals surface area contributed by atoms with Crippen LogP contribution < -0.4 is 15.0 Å². The van der Waals surface area contributed by atoms with Crippen LogP contribution in [0.25, 0.3) is 0 Å². The fraction of sp³-hybridized carbons (Fsp3) is 0.435. The second kappa shape index (κ2) is 7.75. The van der Waals surface area contributed by atoms with Crippen molar-refractivity contribution in [2.45, 2.75) is 43.1 Å². The third kappa shape index (κ3) is 4.21. The minimum absolute atomic E-state index is 0.106. The molecule has 2 aromatic rings. The number of benzene rings is 2. The maximum absolute atomic E-state index is 12.8. The Hall–Kier alpha value is -2.74. The largest absolute Gasteiger partial charge is 0.573 e. The van der Waals surface area contributed by atoms with E-state index >= 15 is 0 Å². The number of urea groups is 1. The highest BCUT2D eigenvalue weighted by atomic mass is 19.4. The maximum Gasteiger partial charge on any atom is 0.573 e. The summed E-state index contributed by atoms with van der Waals surface area (Å²) in [7, 11) is 4.16. The number of hydrogen-bond acceptors (Lipinski definition) is 3. The van der Waals surface area contributed by atoms with Gasteiger partial charge < -0.3 is 10.1 Å². The van der Waals surface area contributed by atoms with E-state index in [0.29, 0.717) is 12.2 Å². The number of amides is 2. The molecular formula is C23H26F3N3O2. The molecule has 1 N–H and O–H groups in total. The number of alkyl halides is 3. The average Bonchev–Trinajstić information content (AvgIpc) is 3.04. The highest BCUT2D eigenvalue weighted by molar-refractivity contribution is 5.95. The molecule has 0 bridgehead atoms. The summed E-state index contributed by atoms with van der Waals surface area (Å²) in [6.07, 6.45) is -1.48. The first-order valence-corrected chi connectivity index (χ1v) is 10.3. The zero-order valence-electron chi connectivity index (χ0n) is 17.6. The Morgan fingerprint density at radius 1 is 1.00 bits per heavy atom. The molecule has 2 fully saturated rings. The van der Waals surface area contributed by atoms with Gasteiger partial charge in [-0.3, -0.25) is 9.80 Å². The second-order valence-electron chi connectivity index (χ2n) is 8.63. The molecule has 2 amide bonds. The summed E-state index contributed by atoms with van der Waals surface area (Å²) < 4.78 is 41.7. The van der Waals surface area contributed by atoms with Gasteiger partial charge in [0.1, 0.15) is 5.75 Å². The molecular weight excluding hydrogens is 407 g/mol. The third-order valence-corrected chi connectivity index (χ3v) is 6.64. The van der Waals surface area contributed by atoms with Crippen LogP contribution in [0.1, 0.15) is 31.2 Å². The van der Waals surface area contributed by atoms with Crippen molar-refractivity contribution in [3.8, 4) is 5.75 Å². The predicted molar refractivity (Wildman–Crippen MR) is 112 cm³/mol. The predicted octanol–water partition coefficient (Wildman–Crippen LogP) is 4.88. The van der Waals surface area contributed by atoms with E-state index in [1.54, 1.807) is 6.07 Å². The fourth-order valence-corrected chi connectivity index (χ4v) is 4.93. The zero-order chi connectivity index (χ0) is 22.3. The Balaban J connectivity index is 1.52. The van der Waals surface area contributed by atoms with E-state index in [4.69, 9.17) is 0 Å². The van der Waals surface area contributed by atoms with E-state index in [0.717, 1.165) is 25.7 Å². The van der Waals surface area contributed by atoms with Gasteiger partial charge in [0.25, 0.3) is 0 Å². The van der Waals surface area contributed by atoms with Crippen LogP contribution in [0.2, 0.25) is 0 Å². The lowest BCUT2D eigenvalue weighted by Gasteiger charge is -2.48. The van der Waals surface area contributed by atoms with E-state index < -0.39 is 11.9 Å². The van der Waals surface area contributed by atoms with Crippen LogP contribution in [0.4, 0.5) is 23.7 Å². The molecule has 0 aromatic heterocycles. The van der Waals surface area contributed by atoms with Crippen LogP contribution in [-0.4, -0.2) is 43.5 Å². The van der Waals surface area contributed by atoms with Crippen LogP contribution in [-0.2, 0) is 5.54 Å². The van der Waals surface area contributed by atoms with Crippen molar-refractivity contribution in [3.63, 3.8) is 0 Å². The smallest absolute Gasteiger partial charge is 0.406 e. The number of rotatable bonds is 4. The third-order valence-electron chi connectivity index (χ3n) is 6.64. The molecule has 1 aliphatic heterocycles. The van der Waals surface area contributed by atoms with E-state index in [1.165, 1.54) is 28.7 Å². The van der Waals surface area contributed by atoms with Crippen molar-refractivity contribution < 1.29 is 22.7 Å². The lowest BCUT2D eigenvalue weighted by molar-refractivity contribution is -0.274. The summed E-state index contributed by atoms with van der Waals surface area (Å²) >= 11 is 0. The van der Waals surface area contributed by atoms with Gasteiger partial charge >= 0.3 is 12.4 Å². The van der Waals surface area contributed by atoms with E-state index in [2.05, 4.69) is 41.2 Å². The number of nitrogens with one attached hydrogen (secondary N) is 1. The molecule has 1 saturated carbocycles. The Morgan fingerprint density at radius 3 is 2.29 bits per heavy atom. The molecule has 31 heavy (non-hydrogen) atoms. The second-order valence-corrected chi connectivity index (χ2v) is 8.63. The molecule has 0 unspecified atom stereocenters. The Bertz CT molecular complexity index is 939. The van der Waals surface area contributed by atoms with E-state index in [-0.39, 0.29) is 17.3 Å². The molecule has 0 radical (unpaired) electrons. The van der Waals surface area contributed by atoms with Gasteiger partial charge in [-0.2, -0.15) is 0 Å². The van der Waals surface area contributed by atoms with Crippen molar-refractivity contribution in [1.82, 2.24) is 10.2 Å². The van der Waals surface area contributed by atoms with Crippen LogP contribution >= 0.6 is 0 Å². The topological polar surface area (TPSA) is 44.8 Å². The highest BCUT2D eigenvalue weighted by Gasteiger charge is 2.50. The van der Waals surface area contributed by atoms with E-state index in [1.807, 2.05) is 18.2 Å². The van der Waals surface area contributed by atoms with Gasteiger partial charge in [-0.05, 0) is 57.5 Å². The number of hydrogen-bond donors (Lipinski definition) is 1. The number of carbonyl (C=O) groups is 1. The number of halogens is 3. The van der Waals surface area contributed by atoms with Crippen LogP contribution in [0, 0.1) is 0 Å². The summed E-state index contributed by atoms with van der Waals surface area (Å²) in [5, 5.41) is 3.12. The van der Waals surface area contributed by atoms with Gasteiger partial charge in [0.15, 0.2) is 0 Å². The van der Waals surface area contributed by atoms with Crippen molar-refractivity contribution in [3.05, 3.63) is 60.2 Å². The van der Waals surface area contributed by atoms with Crippen molar-refractivity contribution in [2.75, 3.05) is 25.5 Å². The SMILES string of the molecule is CN(C)C1(c2ccccc2)CCC2(CC1)CN(c1cccc(OC(F)(F)F)c1)C(=O)N2. The molecule has 2 aromatic carbocycles. The molecule has 166 valence electrons. The number of carbonyl (C=O) groups excluding carboxylic acids is 1. The molecule has 5 nitrogen and oxygen atoms in total. The zero-order valence-corrected chi connectivity index (χ0v) is 17.6. The first kappa shape index (κ1) is 21.5. The molecule has 8 heteroatoms. The van der Waals surface area contributed by atoms with Gasteiger partial charge in [-0.1, -0.05) is 36.4 Å². The molecule has 2 aliphatic rings. The van der Waals surface area contributed by atoms with Gasteiger partial charge in [0.05, 0.1) is 12.1 Å². The highest BCUT2D eigenvalue weighted by Crippen LogP contribution is 2.46. The standard InChI is InChI=1S/C23H26F3N3O2/c1-28(2)22(17-7-4-3-5-8-17)13-11-21(12-14-22)16-29(20(30)27-21)18-9-6-10-19(15-18)31-23(24,25)26/h3-10,15H,11-14,16H2,1-2H3,(H,27,30).